The lowest BCUT2D eigenvalue weighted by atomic mass is 10.0. The summed E-state index contributed by atoms with van der Waals surface area (Å²) in [6.45, 7) is 3.93. The van der Waals surface area contributed by atoms with E-state index in [1.807, 2.05) is 11.8 Å². The molecule has 1 atom stereocenters. The molecule has 0 saturated carbocycles. The lowest BCUT2D eigenvalue weighted by Gasteiger charge is -2.33. The molecule has 0 aliphatic carbocycles. The summed E-state index contributed by atoms with van der Waals surface area (Å²) in [6.07, 6.45) is 0.837. The summed E-state index contributed by atoms with van der Waals surface area (Å²) in [4.78, 5) is 52.9. The summed E-state index contributed by atoms with van der Waals surface area (Å²) in [7, 11) is 0. The van der Waals surface area contributed by atoms with Crippen LogP contribution in [0.15, 0.2) is 54.1 Å². The molecule has 1 unspecified atom stereocenters. The standard InChI is InChI=1S/C24H26N4O7/c1-3-25(15-16(2)30)18-6-4-17(5-7-18)14-21-22(31)26(12-13-29)24(33)27(23(21)32)19-8-10-20(11-9-19)28(34)35/h4-11,14,16,29-30H,3,12-13,15H2,1-2H3. The quantitative estimate of drug-likeness (QED) is 0.239. The Labute approximate surface area is 201 Å². The van der Waals surface area contributed by atoms with Gasteiger partial charge in [-0.15, -0.1) is 0 Å². The van der Waals surface area contributed by atoms with Crippen LogP contribution in [0.25, 0.3) is 6.08 Å². The molecule has 1 aliphatic rings. The molecule has 0 aromatic heterocycles. The van der Waals surface area contributed by atoms with Gasteiger partial charge in [0.2, 0.25) is 0 Å². The number of hydrogen-bond donors (Lipinski definition) is 2. The number of barbiturate groups is 1. The van der Waals surface area contributed by atoms with Crippen molar-refractivity contribution in [2.45, 2.75) is 20.0 Å². The van der Waals surface area contributed by atoms with Gasteiger partial charge in [-0.3, -0.25) is 24.6 Å². The van der Waals surface area contributed by atoms with Crippen LogP contribution < -0.4 is 9.80 Å². The van der Waals surface area contributed by atoms with Crippen LogP contribution in [0.1, 0.15) is 19.4 Å². The number of aliphatic hydroxyl groups is 2. The number of rotatable bonds is 9. The molecule has 1 fully saturated rings. The number of carbonyl (C=O) groups is 3. The monoisotopic (exact) mass is 482 g/mol. The summed E-state index contributed by atoms with van der Waals surface area (Å²) in [5.41, 5.74) is 0.919. The molecule has 184 valence electrons. The first kappa shape index (κ1) is 25.5. The van der Waals surface area contributed by atoms with Crippen LogP contribution in [-0.4, -0.2) is 70.2 Å². The highest BCUT2D eigenvalue weighted by Crippen LogP contribution is 2.28. The van der Waals surface area contributed by atoms with E-state index in [2.05, 4.69) is 0 Å². The van der Waals surface area contributed by atoms with Crippen molar-refractivity contribution in [1.29, 1.82) is 0 Å². The van der Waals surface area contributed by atoms with E-state index in [1.165, 1.54) is 18.2 Å². The summed E-state index contributed by atoms with van der Waals surface area (Å²) >= 11 is 0. The predicted octanol–water partition coefficient (Wildman–Crippen LogP) is 2.17. The van der Waals surface area contributed by atoms with Gasteiger partial charge in [-0.1, -0.05) is 12.1 Å². The van der Waals surface area contributed by atoms with Gasteiger partial charge in [-0.25, -0.2) is 9.69 Å². The molecule has 0 bridgehead atoms. The Morgan fingerprint density at radius 3 is 2.20 bits per heavy atom. The van der Waals surface area contributed by atoms with Gasteiger partial charge in [-0.2, -0.15) is 0 Å². The first-order chi connectivity index (χ1) is 16.7. The fraction of sp³-hybridized carbons (Fsp3) is 0.292. The number of benzene rings is 2. The number of amides is 4. The molecule has 2 aromatic rings. The van der Waals surface area contributed by atoms with Crippen LogP contribution in [0.5, 0.6) is 0 Å². The van der Waals surface area contributed by atoms with Crippen LogP contribution in [-0.2, 0) is 9.59 Å². The molecule has 11 nitrogen and oxygen atoms in total. The highest BCUT2D eigenvalue weighted by Gasteiger charge is 2.42. The van der Waals surface area contributed by atoms with Crippen LogP contribution in [0.3, 0.4) is 0 Å². The van der Waals surface area contributed by atoms with E-state index < -0.39 is 35.5 Å². The van der Waals surface area contributed by atoms with Crippen molar-refractivity contribution < 1.29 is 29.5 Å². The maximum atomic E-state index is 13.2. The third kappa shape index (κ3) is 5.53. The fourth-order valence-corrected chi connectivity index (χ4v) is 3.71. The zero-order chi connectivity index (χ0) is 25.7. The minimum Gasteiger partial charge on any atom is -0.395 e. The largest absolute Gasteiger partial charge is 0.395 e. The third-order valence-corrected chi connectivity index (χ3v) is 5.41. The highest BCUT2D eigenvalue weighted by molar-refractivity contribution is 6.39. The molecule has 1 aliphatic heterocycles. The minimum absolute atomic E-state index is 0.0546. The molecular weight excluding hydrogens is 456 g/mol. The molecule has 3 rings (SSSR count). The first-order valence-corrected chi connectivity index (χ1v) is 11.0. The maximum absolute atomic E-state index is 13.2. The van der Waals surface area contributed by atoms with Crippen molar-refractivity contribution in [3.63, 3.8) is 0 Å². The lowest BCUT2D eigenvalue weighted by molar-refractivity contribution is -0.384. The number of carbonyl (C=O) groups excluding carboxylic acids is 3. The number of urea groups is 1. The summed E-state index contributed by atoms with van der Waals surface area (Å²) < 4.78 is 0. The average molecular weight is 482 g/mol. The number of hydrogen-bond acceptors (Lipinski definition) is 8. The van der Waals surface area contributed by atoms with Crippen molar-refractivity contribution >= 4 is 41.0 Å². The number of nitrogens with zero attached hydrogens (tertiary/aromatic N) is 4. The number of non-ortho nitro benzene ring substituents is 1. The molecule has 1 heterocycles. The molecule has 1 saturated heterocycles. The van der Waals surface area contributed by atoms with Crippen LogP contribution in [0, 0.1) is 10.1 Å². The van der Waals surface area contributed by atoms with Gasteiger partial charge in [0.15, 0.2) is 0 Å². The third-order valence-electron chi connectivity index (χ3n) is 5.41. The van der Waals surface area contributed by atoms with Gasteiger partial charge in [0.1, 0.15) is 5.57 Å². The zero-order valence-electron chi connectivity index (χ0n) is 19.3. The number of β-amino-alcohol motifs (C(OH)–C–C–N with tert-alkyl or cyclic N) is 1. The van der Waals surface area contributed by atoms with Crippen molar-refractivity contribution in [2.24, 2.45) is 0 Å². The second kappa shape index (κ2) is 10.9. The smallest absolute Gasteiger partial charge is 0.338 e. The highest BCUT2D eigenvalue weighted by atomic mass is 16.6. The Morgan fingerprint density at radius 2 is 1.69 bits per heavy atom. The van der Waals surface area contributed by atoms with Gasteiger partial charge >= 0.3 is 6.03 Å². The van der Waals surface area contributed by atoms with Gasteiger partial charge in [0.05, 0.1) is 29.9 Å². The number of anilines is 2. The molecule has 2 aromatic carbocycles. The average Bonchev–Trinajstić information content (AvgIpc) is 2.83. The van der Waals surface area contributed by atoms with E-state index in [1.54, 1.807) is 31.2 Å². The Balaban J connectivity index is 1.98. The van der Waals surface area contributed by atoms with Crippen molar-refractivity contribution in [3.05, 3.63) is 69.8 Å². The zero-order valence-corrected chi connectivity index (χ0v) is 19.3. The maximum Gasteiger partial charge on any atom is 0.338 e. The number of likely N-dealkylation sites (N-methyl/N-ethyl adjacent to an activating group) is 1. The predicted molar refractivity (Wildman–Crippen MR) is 129 cm³/mol. The van der Waals surface area contributed by atoms with Crippen molar-refractivity contribution in [3.8, 4) is 0 Å². The number of aliphatic hydroxyl groups excluding tert-OH is 2. The Morgan fingerprint density at radius 1 is 1.06 bits per heavy atom. The second-order valence-corrected chi connectivity index (χ2v) is 7.91. The normalized spacial score (nSPS) is 16.1. The molecule has 4 amide bonds. The molecular formula is C24H26N4O7. The molecule has 0 radical (unpaired) electrons. The summed E-state index contributed by atoms with van der Waals surface area (Å²) in [5, 5.41) is 30.0. The Bertz CT molecular complexity index is 1140. The van der Waals surface area contributed by atoms with E-state index in [9.17, 15) is 34.7 Å². The van der Waals surface area contributed by atoms with E-state index in [-0.39, 0.29) is 23.5 Å². The van der Waals surface area contributed by atoms with E-state index >= 15 is 0 Å². The van der Waals surface area contributed by atoms with Gasteiger partial charge in [-0.05, 0) is 49.8 Å². The fourth-order valence-electron chi connectivity index (χ4n) is 3.71. The van der Waals surface area contributed by atoms with E-state index in [0.717, 1.165) is 27.6 Å². The van der Waals surface area contributed by atoms with Crippen LogP contribution in [0.4, 0.5) is 21.9 Å². The van der Waals surface area contributed by atoms with Crippen molar-refractivity contribution in [2.75, 3.05) is 36.0 Å². The molecule has 2 N–H and O–H groups in total. The number of nitro benzene ring substituents is 1. The van der Waals surface area contributed by atoms with Gasteiger partial charge in [0, 0.05) is 30.9 Å². The molecule has 11 heteroatoms. The molecule has 35 heavy (non-hydrogen) atoms. The SMILES string of the molecule is CCN(CC(C)O)c1ccc(C=C2C(=O)N(CCO)C(=O)N(c3ccc([N+](=O)[O-])cc3)C2=O)cc1. The topological polar surface area (TPSA) is 145 Å². The molecule has 0 spiro atoms. The number of imide groups is 2. The van der Waals surface area contributed by atoms with E-state index in [0.29, 0.717) is 18.7 Å². The van der Waals surface area contributed by atoms with E-state index in [4.69, 9.17) is 0 Å². The second-order valence-electron chi connectivity index (χ2n) is 7.91. The Hall–Kier alpha value is -4.09. The lowest BCUT2D eigenvalue weighted by Crippen LogP contribution is -2.57. The van der Waals surface area contributed by atoms with Crippen LogP contribution in [0.2, 0.25) is 0 Å². The summed E-state index contributed by atoms with van der Waals surface area (Å²) in [5.74, 6) is -1.73. The van der Waals surface area contributed by atoms with Crippen molar-refractivity contribution in [1.82, 2.24) is 4.90 Å². The first-order valence-electron chi connectivity index (χ1n) is 11.0. The van der Waals surface area contributed by atoms with Gasteiger partial charge < -0.3 is 15.1 Å². The minimum atomic E-state index is -0.952. The Kier molecular flexibility index (Phi) is 7.94. The number of nitro groups is 1. The van der Waals surface area contributed by atoms with Gasteiger partial charge in [0.25, 0.3) is 17.5 Å². The van der Waals surface area contributed by atoms with Crippen LogP contribution >= 0.6 is 0 Å². The summed E-state index contributed by atoms with van der Waals surface area (Å²) in [6, 6.07) is 10.8.